The third-order valence-electron chi connectivity index (χ3n) is 3.93. The van der Waals surface area contributed by atoms with Crippen LogP contribution in [0.1, 0.15) is 21.5 Å². The van der Waals surface area contributed by atoms with E-state index in [0.717, 1.165) is 21.9 Å². The lowest BCUT2D eigenvalue weighted by Crippen LogP contribution is -2.26. The minimum absolute atomic E-state index is 0.125. The molecule has 0 fully saturated rings. The first-order chi connectivity index (χ1) is 11.9. The summed E-state index contributed by atoms with van der Waals surface area (Å²) >= 11 is 0. The molecule has 0 saturated carbocycles. The highest BCUT2D eigenvalue weighted by Gasteiger charge is 2.10. The highest BCUT2D eigenvalue weighted by molar-refractivity contribution is 5.96. The van der Waals surface area contributed by atoms with Gasteiger partial charge in [-0.1, -0.05) is 54.1 Å². The van der Waals surface area contributed by atoms with Crippen molar-refractivity contribution >= 4 is 22.4 Å². The summed E-state index contributed by atoms with van der Waals surface area (Å²) in [6, 6.07) is 16.9. The van der Waals surface area contributed by atoms with Gasteiger partial charge in [-0.2, -0.15) is 0 Å². The van der Waals surface area contributed by atoms with E-state index < -0.39 is 0 Å². The molecule has 0 bridgehead atoms. The van der Waals surface area contributed by atoms with Crippen LogP contribution in [-0.4, -0.2) is 11.0 Å². The highest BCUT2D eigenvalue weighted by atomic mass is 16.3. The zero-order valence-corrected chi connectivity index (χ0v) is 14.3. The summed E-state index contributed by atoms with van der Waals surface area (Å²) in [5.41, 5.74) is 3.11. The van der Waals surface area contributed by atoms with Crippen molar-refractivity contribution in [2.24, 2.45) is 0 Å². The number of amides is 1. The Morgan fingerprint density at radius 1 is 1.00 bits per heavy atom. The summed E-state index contributed by atoms with van der Waals surface area (Å²) < 4.78 is 0. The van der Waals surface area contributed by atoms with Gasteiger partial charge in [0.1, 0.15) is 11.6 Å². The lowest BCUT2D eigenvalue weighted by atomic mass is 10.1. The molecule has 3 aromatic rings. The Labute approximate surface area is 146 Å². The standard InChI is InChI=1S/C21H20N2O2/c1-13-10-14(2)12-17(11-13)21(25)23-15(3)22-19-9-8-16-6-4-5-7-18(16)20(19)24/h4-12,22,24H,3H2,1-2H3,(H,23,25). The van der Waals surface area contributed by atoms with Crippen molar-refractivity contribution in [3.8, 4) is 5.75 Å². The van der Waals surface area contributed by atoms with Gasteiger partial charge in [0.2, 0.25) is 0 Å². The summed E-state index contributed by atoms with van der Waals surface area (Å²) in [5, 5.41) is 17.8. The molecule has 3 N–H and O–H groups in total. The Morgan fingerprint density at radius 2 is 1.68 bits per heavy atom. The van der Waals surface area contributed by atoms with Crippen LogP contribution in [-0.2, 0) is 0 Å². The molecule has 3 rings (SSSR count). The van der Waals surface area contributed by atoms with Gasteiger partial charge in [0, 0.05) is 10.9 Å². The number of carbonyl (C=O) groups is 1. The van der Waals surface area contributed by atoms with Crippen molar-refractivity contribution in [1.82, 2.24) is 5.32 Å². The van der Waals surface area contributed by atoms with Gasteiger partial charge >= 0.3 is 0 Å². The lowest BCUT2D eigenvalue weighted by Gasteiger charge is -2.14. The topological polar surface area (TPSA) is 61.4 Å². The number of rotatable bonds is 4. The molecule has 0 aliphatic heterocycles. The molecule has 4 heteroatoms. The molecule has 4 nitrogen and oxygen atoms in total. The Hall–Kier alpha value is -3.27. The molecule has 0 atom stereocenters. The predicted molar refractivity (Wildman–Crippen MR) is 102 cm³/mol. The second-order valence-electron chi connectivity index (χ2n) is 6.12. The largest absolute Gasteiger partial charge is 0.505 e. The van der Waals surface area contributed by atoms with Crippen LogP contribution in [0.2, 0.25) is 0 Å². The van der Waals surface area contributed by atoms with E-state index >= 15 is 0 Å². The third-order valence-corrected chi connectivity index (χ3v) is 3.93. The summed E-state index contributed by atoms with van der Waals surface area (Å²) in [5.74, 6) is 0.180. The molecule has 0 radical (unpaired) electrons. The second kappa shape index (κ2) is 6.69. The summed E-state index contributed by atoms with van der Waals surface area (Å²) in [6.45, 7) is 7.72. The van der Waals surface area contributed by atoms with E-state index in [-0.39, 0.29) is 11.7 Å². The van der Waals surface area contributed by atoms with E-state index in [0.29, 0.717) is 17.1 Å². The molecule has 126 valence electrons. The van der Waals surface area contributed by atoms with Gasteiger partial charge in [-0.3, -0.25) is 4.79 Å². The quantitative estimate of drug-likeness (QED) is 0.618. The van der Waals surface area contributed by atoms with Gasteiger partial charge in [-0.05, 0) is 37.4 Å². The molecule has 0 saturated heterocycles. The smallest absolute Gasteiger partial charge is 0.256 e. The van der Waals surface area contributed by atoms with Crippen LogP contribution in [0, 0.1) is 13.8 Å². The maximum atomic E-state index is 12.4. The van der Waals surface area contributed by atoms with Crippen LogP contribution < -0.4 is 10.6 Å². The fraction of sp³-hybridized carbons (Fsp3) is 0.0952. The van der Waals surface area contributed by atoms with Gasteiger partial charge in [-0.25, -0.2) is 0 Å². The Balaban J connectivity index is 1.76. The van der Waals surface area contributed by atoms with Crippen LogP contribution in [0.4, 0.5) is 5.69 Å². The van der Waals surface area contributed by atoms with Crippen LogP contribution in [0.3, 0.4) is 0 Å². The molecule has 0 aliphatic rings. The summed E-state index contributed by atoms with van der Waals surface area (Å²) in [7, 11) is 0. The van der Waals surface area contributed by atoms with Crippen molar-refractivity contribution in [3.05, 3.63) is 83.7 Å². The predicted octanol–water partition coefficient (Wildman–Crippen LogP) is 4.48. The van der Waals surface area contributed by atoms with Gasteiger partial charge in [0.15, 0.2) is 0 Å². The van der Waals surface area contributed by atoms with Crippen molar-refractivity contribution < 1.29 is 9.90 Å². The number of nitrogens with one attached hydrogen (secondary N) is 2. The number of aryl methyl sites for hydroxylation is 2. The van der Waals surface area contributed by atoms with E-state index in [1.165, 1.54) is 0 Å². The number of aromatic hydroxyl groups is 1. The first-order valence-corrected chi connectivity index (χ1v) is 8.00. The summed E-state index contributed by atoms with van der Waals surface area (Å²) in [4.78, 5) is 12.4. The fourth-order valence-corrected chi connectivity index (χ4v) is 2.86. The van der Waals surface area contributed by atoms with E-state index in [9.17, 15) is 9.90 Å². The Morgan fingerprint density at radius 3 is 2.40 bits per heavy atom. The lowest BCUT2D eigenvalue weighted by molar-refractivity contribution is 0.0966. The van der Waals surface area contributed by atoms with Crippen molar-refractivity contribution in [2.75, 3.05) is 5.32 Å². The first-order valence-electron chi connectivity index (χ1n) is 8.00. The molecule has 0 unspecified atom stereocenters. The molecular weight excluding hydrogens is 312 g/mol. The molecule has 1 amide bonds. The van der Waals surface area contributed by atoms with E-state index in [2.05, 4.69) is 17.2 Å². The first kappa shape index (κ1) is 16.6. The highest BCUT2D eigenvalue weighted by Crippen LogP contribution is 2.32. The van der Waals surface area contributed by atoms with E-state index in [4.69, 9.17) is 0 Å². The number of phenols is 1. The number of anilines is 1. The Bertz CT molecular complexity index is 957. The molecule has 0 aliphatic carbocycles. The average Bonchev–Trinajstić information content (AvgIpc) is 2.56. The van der Waals surface area contributed by atoms with E-state index in [1.54, 1.807) is 6.07 Å². The fourth-order valence-electron chi connectivity index (χ4n) is 2.86. The maximum Gasteiger partial charge on any atom is 0.256 e. The molecule has 3 aromatic carbocycles. The average molecular weight is 332 g/mol. The number of benzene rings is 3. The van der Waals surface area contributed by atoms with Crippen LogP contribution in [0.25, 0.3) is 10.8 Å². The monoisotopic (exact) mass is 332 g/mol. The zero-order valence-electron chi connectivity index (χ0n) is 14.3. The van der Waals surface area contributed by atoms with Gasteiger partial charge in [0.05, 0.1) is 5.69 Å². The third kappa shape index (κ3) is 3.63. The minimum Gasteiger partial charge on any atom is -0.505 e. The normalized spacial score (nSPS) is 10.5. The maximum absolute atomic E-state index is 12.4. The van der Waals surface area contributed by atoms with Crippen LogP contribution in [0.15, 0.2) is 67.0 Å². The van der Waals surface area contributed by atoms with Crippen molar-refractivity contribution in [3.63, 3.8) is 0 Å². The minimum atomic E-state index is -0.246. The zero-order chi connectivity index (χ0) is 18.0. The number of hydrogen-bond donors (Lipinski definition) is 3. The number of hydrogen-bond acceptors (Lipinski definition) is 3. The molecule has 0 heterocycles. The Kier molecular flexibility index (Phi) is 4.44. The van der Waals surface area contributed by atoms with Crippen LogP contribution in [0.5, 0.6) is 5.75 Å². The summed E-state index contributed by atoms with van der Waals surface area (Å²) in [6.07, 6.45) is 0. The van der Waals surface area contributed by atoms with Gasteiger partial charge < -0.3 is 15.7 Å². The molecule has 25 heavy (non-hydrogen) atoms. The number of carbonyl (C=O) groups excluding carboxylic acids is 1. The van der Waals surface area contributed by atoms with Crippen LogP contribution >= 0.6 is 0 Å². The van der Waals surface area contributed by atoms with Crippen molar-refractivity contribution in [2.45, 2.75) is 13.8 Å². The molecule has 0 spiro atoms. The molecular formula is C21H20N2O2. The second-order valence-corrected chi connectivity index (χ2v) is 6.12. The van der Waals surface area contributed by atoms with Gasteiger partial charge in [0.25, 0.3) is 5.91 Å². The molecule has 0 aromatic heterocycles. The van der Waals surface area contributed by atoms with Gasteiger partial charge in [-0.15, -0.1) is 0 Å². The van der Waals surface area contributed by atoms with Crippen molar-refractivity contribution in [1.29, 1.82) is 0 Å². The number of fused-ring (bicyclic) bond motifs is 1. The SMILES string of the molecule is C=C(NC(=O)c1cc(C)cc(C)c1)Nc1ccc2ccccc2c1O. The number of phenolic OH excluding ortho intramolecular Hbond substituents is 1. The van der Waals surface area contributed by atoms with E-state index in [1.807, 2.05) is 62.4 Å².